The first-order chi connectivity index (χ1) is 9.57. The second kappa shape index (κ2) is 7.62. The van der Waals surface area contributed by atoms with E-state index in [1.54, 1.807) is 33.3 Å². The van der Waals surface area contributed by atoms with Gasteiger partial charge in [-0.1, -0.05) is 0 Å². The SMILES string of the molecule is CCN(C)C(=O)CCc1cc(OC)c(OC)c(OC)c1. The number of aryl methyl sites for hydroxylation is 1. The first-order valence-corrected chi connectivity index (χ1v) is 6.60. The molecule has 0 aliphatic heterocycles. The summed E-state index contributed by atoms with van der Waals surface area (Å²) in [5.41, 5.74) is 0.984. The zero-order valence-corrected chi connectivity index (χ0v) is 12.9. The first kappa shape index (κ1) is 16.1. The summed E-state index contributed by atoms with van der Waals surface area (Å²) in [7, 11) is 6.53. The maximum absolute atomic E-state index is 11.8. The molecule has 0 unspecified atom stereocenters. The van der Waals surface area contributed by atoms with E-state index in [1.165, 1.54) is 0 Å². The molecule has 0 atom stereocenters. The summed E-state index contributed by atoms with van der Waals surface area (Å²) in [6.45, 7) is 2.67. The van der Waals surface area contributed by atoms with Gasteiger partial charge >= 0.3 is 0 Å². The Labute approximate surface area is 120 Å². The third-order valence-corrected chi connectivity index (χ3v) is 3.25. The predicted octanol–water partition coefficient (Wildman–Crippen LogP) is 2.12. The van der Waals surface area contributed by atoms with E-state index in [2.05, 4.69) is 0 Å². The Balaban J connectivity index is 2.88. The molecule has 0 aliphatic rings. The van der Waals surface area contributed by atoms with E-state index in [9.17, 15) is 4.79 Å². The number of amides is 1. The molecule has 0 fully saturated rings. The van der Waals surface area contributed by atoms with E-state index < -0.39 is 0 Å². The second-order valence-electron chi connectivity index (χ2n) is 4.44. The molecule has 0 N–H and O–H groups in total. The Morgan fingerprint density at radius 2 is 1.65 bits per heavy atom. The lowest BCUT2D eigenvalue weighted by Crippen LogP contribution is -2.26. The molecule has 1 amide bonds. The molecule has 112 valence electrons. The Morgan fingerprint density at radius 3 is 2.05 bits per heavy atom. The van der Waals surface area contributed by atoms with Crippen LogP contribution in [0.5, 0.6) is 17.2 Å². The number of benzene rings is 1. The van der Waals surface area contributed by atoms with Gasteiger partial charge in [0.05, 0.1) is 21.3 Å². The zero-order chi connectivity index (χ0) is 15.1. The number of ether oxygens (including phenoxy) is 3. The van der Waals surface area contributed by atoms with E-state index in [4.69, 9.17) is 14.2 Å². The average molecular weight is 281 g/mol. The number of rotatable bonds is 7. The van der Waals surface area contributed by atoms with Gasteiger partial charge in [-0.05, 0) is 31.0 Å². The molecule has 0 bridgehead atoms. The van der Waals surface area contributed by atoms with Crippen LogP contribution in [0.1, 0.15) is 18.9 Å². The van der Waals surface area contributed by atoms with Crippen LogP contribution >= 0.6 is 0 Å². The van der Waals surface area contributed by atoms with Gasteiger partial charge in [0.2, 0.25) is 11.7 Å². The number of carbonyl (C=O) groups excluding carboxylic acids is 1. The van der Waals surface area contributed by atoms with Crippen LogP contribution in [0, 0.1) is 0 Å². The van der Waals surface area contributed by atoms with E-state index >= 15 is 0 Å². The van der Waals surface area contributed by atoms with Gasteiger partial charge in [0.1, 0.15) is 0 Å². The van der Waals surface area contributed by atoms with Crippen LogP contribution in [0.25, 0.3) is 0 Å². The second-order valence-corrected chi connectivity index (χ2v) is 4.44. The number of hydrogen-bond donors (Lipinski definition) is 0. The Morgan fingerprint density at radius 1 is 1.10 bits per heavy atom. The van der Waals surface area contributed by atoms with Crippen LogP contribution in [0.15, 0.2) is 12.1 Å². The van der Waals surface area contributed by atoms with Crippen LogP contribution < -0.4 is 14.2 Å². The van der Waals surface area contributed by atoms with Gasteiger partial charge in [-0.2, -0.15) is 0 Å². The summed E-state index contributed by atoms with van der Waals surface area (Å²) in [6.07, 6.45) is 1.10. The van der Waals surface area contributed by atoms with Crippen molar-refractivity contribution in [3.63, 3.8) is 0 Å². The normalized spacial score (nSPS) is 10.1. The summed E-state index contributed by atoms with van der Waals surface area (Å²) in [4.78, 5) is 13.5. The molecule has 0 aromatic heterocycles. The standard InChI is InChI=1S/C15H23NO4/c1-6-16(2)14(17)8-7-11-9-12(18-3)15(20-5)13(10-11)19-4/h9-10H,6-8H2,1-5H3. The van der Waals surface area contributed by atoms with Crippen molar-refractivity contribution in [1.29, 1.82) is 0 Å². The summed E-state index contributed by atoms with van der Waals surface area (Å²) in [5, 5.41) is 0. The van der Waals surface area contributed by atoms with Crippen LogP contribution in [0.2, 0.25) is 0 Å². The number of carbonyl (C=O) groups is 1. The van der Waals surface area contributed by atoms with Gasteiger partial charge in [-0.25, -0.2) is 0 Å². The molecule has 0 aliphatic carbocycles. The maximum Gasteiger partial charge on any atom is 0.222 e. The lowest BCUT2D eigenvalue weighted by Gasteiger charge is -2.16. The highest BCUT2D eigenvalue weighted by molar-refractivity contribution is 5.76. The molecule has 5 heteroatoms. The minimum absolute atomic E-state index is 0.126. The van der Waals surface area contributed by atoms with Crippen molar-refractivity contribution in [2.45, 2.75) is 19.8 Å². The molecule has 1 rings (SSSR count). The Kier molecular flexibility index (Phi) is 6.15. The van der Waals surface area contributed by atoms with Gasteiger partial charge in [0, 0.05) is 20.0 Å². The molecule has 5 nitrogen and oxygen atoms in total. The molecule has 0 heterocycles. The largest absolute Gasteiger partial charge is 0.493 e. The van der Waals surface area contributed by atoms with Crippen LogP contribution in [-0.2, 0) is 11.2 Å². The van der Waals surface area contributed by atoms with Crippen LogP contribution in [0.4, 0.5) is 0 Å². The monoisotopic (exact) mass is 281 g/mol. The van der Waals surface area contributed by atoms with Gasteiger partial charge in [-0.15, -0.1) is 0 Å². The lowest BCUT2D eigenvalue weighted by molar-refractivity contribution is -0.129. The number of nitrogens with zero attached hydrogens (tertiary/aromatic N) is 1. The van der Waals surface area contributed by atoms with E-state index in [0.29, 0.717) is 36.6 Å². The quantitative estimate of drug-likeness (QED) is 0.768. The van der Waals surface area contributed by atoms with Crippen LogP contribution in [-0.4, -0.2) is 45.7 Å². The van der Waals surface area contributed by atoms with Crippen molar-refractivity contribution in [3.8, 4) is 17.2 Å². The van der Waals surface area contributed by atoms with Gasteiger partial charge in [-0.3, -0.25) is 4.79 Å². The fourth-order valence-corrected chi connectivity index (χ4v) is 1.90. The minimum atomic E-state index is 0.126. The topological polar surface area (TPSA) is 48.0 Å². The molecule has 20 heavy (non-hydrogen) atoms. The summed E-state index contributed by atoms with van der Waals surface area (Å²) in [5.74, 6) is 1.91. The van der Waals surface area contributed by atoms with Crippen molar-refractivity contribution in [1.82, 2.24) is 4.90 Å². The third kappa shape index (κ3) is 3.79. The summed E-state index contributed by atoms with van der Waals surface area (Å²) in [6, 6.07) is 3.75. The highest BCUT2D eigenvalue weighted by Gasteiger charge is 2.14. The van der Waals surface area contributed by atoms with Gasteiger partial charge in [0.15, 0.2) is 11.5 Å². The highest BCUT2D eigenvalue weighted by atomic mass is 16.5. The van der Waals surface area contributed by atoms with Crippen molar-refractivity contribution in [2.75, 3.05) is 34.9 Å². The molecular weight excluding hydrogens is 258 g/mol. The summed E-state index contributed by atoms with van der Waals surface area (Å²) < 4.78 is 15.9. The van der Waals surface area contributed by atoms with E-state index in [-0.39, 0.29) is 5.91 Å². The molecule has 0 saturated heterocycles. The van der Waals surface area contributed by atoms with Gasteiger partial charge in [0.25, 0.3) is 0 Å². The molecule has 0 saturated carbocycles. The number of hydrogen-bond acceptors (Lipinski definition) is 4. The molecular formula is C15H23NO4. The number of methoxy groups -OCH3 is 3. The molecule has 0 spiro atoms. The third-order valence-electron chi connectivity index (χ3n) is 3.25. The van der Waals surface area contributed by atoms with Crippen molar-refractivity contribution in [2.24, 2.45) is 0 Å². The van der Waals surface area contributed by atoms with E-state index in [1.807, 2.05) is 19.1 Å². The lowest BCUT2D eigenvalue weighted by atomic mass is 10.1. The molecule has 0 radical (unpaired) electrons. The minimum Gasteiger partial charge on any atom is -0.493 e. The first-order valence-electron chi connectivity index (χ1n) is 6.60. The average Bonchev–Trinajstić information content (AvgIpc) is 2.50. The Bertz CT molecular complexity index is 434. The Hall–Kier alpha value is -1.91. The van der Waals surface area contributed by atoms with Crippen molar-refractivity contribution >= 4 is 5.91 Å². The smallest absolute Gasteiger partial charge is 0.222 e. The maximum atomic E-state index is 11.8. The molecule has 1 aromatic carbocycles. The van der Waals surface area contributed by atoms with Gasteiger partial charge < -0.3 is 19.1 Å². The zero-order valence-electron chi connectivity index (χ0n) is 12.9. The van der Waals surface area contributed by atoms with Crippen LogP contribution in [0.3, 0.4) is 0 Å². The van der Waals surface area contributed by atoms with Crippen molar-refractivity contribution in [3.05, 3.63) is 17.7 Å². The van der Waals surface area contributed by atoms with E-state index in [0.717, 1.165) is 5.56 Å². The fourth-order valence-electron chi connectivity index (χ4n) is 1.90. The molecule has 1 aromatic rings. The fraction of sp³-hybridized carbons (Fsp3) is 0.533. The van der Waals surface area contributed by atoms with Crippen molar-refractivity contribution < 1.29 is 19.0 Å². The highest BCUT2D eigenvalue weighted by Crippen LogP contribution is 2.38. The summed E-state index contributed by atoms with van der Waals surface area (Å²) >= 11 is 0. The predicted molar refractivity (Wildman–Crippen MR) is 77.7 cm³/mol.